The molecule has 0 spiro atoms. The fourth-order valence-corrected chi connectivity index (χ4v) is 1.35. The van der Waals surface area contributed by atoms with E-state index in [2.05, 4.69) is 17.9 Å². The van der Waals surface area contributed by atoms with E-state index in [0.717, 1.165) is 0 Å². The van der Waals surface area contributed by atoms with Gasteiger partial charge in [0.1, 0.15) is 0 Å². The monoisotopic (exact) mass is 267 g/mol. The number of Topliss-reactive ketones (excluding diaryl/α,β-unsaturated/α-hetero) is 1. The van der Waals surface area contributed by atoms with Crippen LogP contribution in [0.4, 0.5) is 0 Å². The van der Waals surface area contributed by atoms with Crippen molar-refractivity contribution < 1.29 is 19.5 Å². The molecule has 1 rings (SSSR count). The number of hydrogen-bond acceptors (Lipinski definition) is 4. The number of carboxylic acid groups (broad SMARTS) is 1. The fourth-order valence-electron chi connectivity index (χ4n) is 1.27. The Bertz CT molecular complexity index is 458. The van der Waals surface area contributed by atoms with E-state index in [1.54, 1.807) is 18.2 Å². The number of thiol groups is 1. The van der Waals surface area contributed by atoms with Crippen LogP contribution < -0.4 is 5.32 Å². The molecule has 0 aliphatic carbocycles. The minimum atomic E-state index is -1.59. The van der Waals surface area contributed by atoms with Gasteiger partial charge in [-0.1, -0.05) is 30.3 Å². The first-order chi connectivity index (χ1) is 8.43. The predicted octanol–water partition coefficient (Wildman–Crippen LogP) is 0.757. The molecule has 1 aromatic rings. The second-order valence-corrected chi connectivity index (χ2v) is 4.46. The second kappa shape index (κ2) is 6.20. The maximum Gasteiger partial charge on any atom is 0.334 e. The van der Waals surface area contributed by atoms with Gasteiger partial charge in [-0.15, -0.1) is 0 Å². The molecule has 2 unspecified atom stereocenters. The number of carboxylic acids is 1. The Labute approximate surface area is 110 Å². The molecule has 0 heterocycles. The lowest BCUT2D eigenvalue weighted by molar-refractivity contribution is -0.140. The van der Waals surface area contributed by atoms with Crippen LogP contribution in [0.15, 0.2) is 30.3 Å². The molecule has 0 radical (unpaired) electrons. The summed E-state index contributed by atoms with van der Waals surface area (Å²) in [5.41, 5.74) is 0.233. The van der Waals surface area contributed by atoms with Gasteiger partial charge in [0.25, 0.3) is 0 Å². The van der Waals surface area contributed by atoms with Gasteiger partial charge < -0.3 is 10.4 Å². The number of amides is 1. The number of ketones is 1. The van der Waals surface area contributed by atoms with Crippen LogP contribution in [-0.2, 0) is 9.59 Å². The molecule has 0 aliphatic rings. The van der Waals surface area contributed by atoms with Gasteiger partial charge in [-0.3, -0.25) is 9.59 Å². The first-order valence-corrected chi connectivity index (χ1v) is 5.75. The average molecular weight is 267 g/mol. The quantitative estimate of drug-likeness (QED) is 0.418. The van der Waals surface area contributed by atoms with Crippen LogP contribution in [0.2, 0.25) is 0 Å². The summed E-state index contributed by atoms with van der Waals surface area (Å²) >= 11 is 3.88. The van der Waals surface area contributed by atoms with E-state index >= 15 is 0 Å². The van der Waals surface area contributed by atoms with Gasteiger partial charge in [0, 0.05) is 5.56 Å². The van der Waals surface area contributed by atoms with Crippen LogP contribution in [0.25, 0.3) is 0 Å². The van der Waals surface area contributed by atoms with Crippen LogP contribution in [0.5, 0.6) is 0 Å². The summed E-state index contributed by atoms with van der Waals surface area (Å²) in [7, 11) is 0. The molecule has 2 N–H and O–H groups in total. The highest BCUT2D eigenvalue weighted by Crippen LogP contribution is 2.05. The lowest BCUT2D eigenvalue weighted by atomic mass is 10.0. The molecule has 0 aliphatic heterocycles. The van der Waals surface area contributed by atoms with Gasteiger partial charge in [0.05, 0.1) is 5.25 Å². The summed E-state index contributed by atoms with van der Waals surface area (Å²) in [6, 6.07) is 6.35. The van der Waals surface area contributed by atoms with Gasteiger partial charge in [-0.2, -0.15) is 12.6 Å². The number of carbonyl (C=O) groups excluding carboxylic acids is 2. The van der Waals surface area contributed by atoms with Gasteiger partial charge in [-0.05, 0) is 6.92 Å². The zero-order valence-corrected chi connectivity index (χ0v) is 10.6. The Morgan fingerprint density at radius 2 is 1.78 bits per heavy atom. The SMILES string of the molecule is CC(S)C(=O)NC(C(=O)O)C(=O)c1ccccc1. The molecular formula is C12H13NO4S. The number of carbonyl (C=O) groups is 3. The highest BCUT2D eigenvalue weighted by molar-refractivity contribution is 7.81. The van der Waals surface area contributed by atoms with E-state index in [-0.39, 0.29) is 5.56 Å². The van der Waals surface area contributed by atoms with Crippen molar-refractivity contribution in [2.75, 3.05) is 0 Å². The summed E-state index contributed by atoms with van der Waals surface area (Å²) in [4.78, 5) is 34.3. The fraction of sp³-hybridized carbons (Fsp3) is 0.250. The molecule has 0 bridgehead atoms. The number of benzene rings is 1. The molecule has 96 valence electrons. The highest BCUT2D eigenvalue weighted by atomic mass is 32.1. The first-order valence-electron chi connectivity index (χ1n) is 5.24. The Morgan fingerprint density at radius 3 is 2.22 bits per heavy atom. The largest absolute Gasteiger partial charge is 0.479 e. The Hall–Kier alpha value is -1.82. The van der Waals surface area contributed by atoms with Gasteiger partial charge in [-0.25, -0.2) is 4.79 Å². The molecule has 0 saturated heterocycles. The third-order valence-electron chi connectivity index (χ3n) is 2.23. The third kappa shape index (κ3) is 3.59. The van der Waals surface area contributed by atoms with E-state index in [4.69, 9.17) is 5.11 Å². The Kier molecular flexibility index (Phi) is 4.91. The van der Waals surface area contributed by atoms with Crippen molar-refractivity contribution in [2.24, 2.45) is 0 Å². The second-order valence-electron chi connectivity index (χ2n) is 3.69. The lowest BCUT2D eigenvalue weighted by Gasteiger charge is -2.14. The number of rotatable bonds is 5. The Morgan fingerprint density at radius 1 is 1.22 bits per heavy atom. The van der Waals surface area contributed by atoms with Crippen LogP contribution >= 0.6 is 12.6 Å². The van der Waals surface area contributed by atoms with Crippen molar-refractivity contribution in [2.45, 2.75) is 18.2 Å². The molecule has 0 fully saturated rings. The summed E-state index contributed by atoms with van der Waals surface area (Å²) in [6.07, 6.45) is 0. The smallest absolute Gasteiger partial charge is 0.334 e. The van der Waals surface area contributed by atoms with E-state index in [0.29, 0.717) is 0 Å². The summed E-state index contributed by atoms with van der Waals surface area (Å²) in [5, 5.41) is 10.4. The zero-order chi connectivity index (χ0) is 13.7. The lowest BCUT2D eigenvalue weighted by Crippen LogP contribution is -2.48. The molecule has 5 nitrogen and oxygen atoms in total. The van der Waals surface area contributed by atoms with E-state index in [1.807, 2.05) is 0 Å². The van der Waals surface area contributed by atoms with E-state index in [9.17, 15) is 14.4 Å². The molecule has 2 atom stereocenters. The van der Waals surface area contributed by atoms with Crippen LogP contribution in [0.3, 0.4) is 0 Å². The molecule has 1 aromatic carbocycles. The van der Waals surface area contributed by atoms with Crippen molar-refractivity contribution in [1.82, 2.24) is 5.32 Å². The minimum absolute atomic E-state index is 0.233. The van der Waals surface area contributed by atoms with Crippen LogP contribution in [-0.4, -0.2) is 34.1 Å². The molecule has 1 amide bonds. The number of nitrogens with one attached hydrogen (secondary N) is 1. The van der Waals surface area contributed by atoms with Crippen molar-refractivity contribution in [3.8, 4) is 0 Å². The highest BCUT2D eigenvalue weighted by Gasteiger charge is 2.29. The topological polar surface area (TPSA) is 83.5 Å². The normalized spacial score (nSPS) is 13.4. The summed E-state index contributed by atoms with van der Waals surface area (Å²) in [5.74, 6) is -2.66. The standard InChI is InChI=1S/C12H13NO4S/c1-7(18)11(15)13-9(12(16)17)10(14)8-5-3-2-4-6-8/h2-7,9,18H,1H3,(H,13,15)(H,16,17). The van der Waals surface area contributed by atoms with Crippen LogP contribution in [0, 0.1) is 0 Å². The summed E-state index contributed by atoms with van der Waals surface area (Å²) < 4.78 is 0. The first kappa shape index (κ1) is 14.2. The van der Waals surface area contributed by atoms with Crippen LogP contribution in [0.1, 0.15) is 17.3 Å². The predicted molar refractivity (Wildman–Crippen MR) is 68.8 cm³/mol. The third-order valence-corrected chi connectivity index (χ3v) is 2.47. The van der Waals surface area contributed by atoms with Gasteiger partial charge >= 0.3 is 5.97 Å². The van der Waals surface area contributed by atoms with Gasteiger partial charge in [0.2, 0.25) is 5.91 Å². The number of aliphatic carboxylic acids is 1. The maximum absolute atomic E-state index is 11.9. The zero-order valence-electron chi connectivity index (χ0n) is 9.66. The number of hydrogen-bond donors (Lipinski definition) is 3. The summed E-state index contributed by atoms with van der Waals surface area (Å²) in [6.45, 7) is 1.49. The van der Waals surface area contributed by atoms with Crippen molar-refractivity contribution >= 4 is 30.3 Å². The molecule has 0 saturated carbocycles. The maximum atomic E-state index is 11.9. The minimum Gasteiger partial charge on any atom is -0.479 e. The average Bonchev–Trinajstić information content (AvgIpc) is 2.35. The van der Waals surface area contributed by atoms with Crippen molar-refractivity contribution in [1.29, 1.82) is 0 Å². The molecule has 0 aromatic heterocycles. The van der Waals surface area contributed by atoms with E-state index in [1.165, 1.54) is 19.1 Å². The van der Waals surface area contributed by atoms with E-state index < -0.39 is 29.0 Å². The Balaban J connectivity index is 2.90. The molecule has 6 heteroatoms. The molecule has 18 heavy (non-hydrogen) atoms. The van der Waals surface area contributed by atoms with Crippen molar-refractivity contribution in [3.63, 3.8) is 0 Å². The van der Waals surface area contributed by atoms with Crippen molar-refractivity contribution in [3.05, 3.63) is 35.9 Å². The molecular weight excluding hydrogens is 254 g/mol. The van der Waals surface area contributed by atoms with Gasteiger partial charge in [0.15, 0.2) is 11.8 Å².